The molecule has 2 aliphatic rings. The first-order valence-electron chi connectivity index (χ1n) is 7.62. The Morgan fingerprint density at radius 2 is 1.87 bits per heavy atom. The summed E-state index contributed by atoms with van der Waals surface area (Å²) in [5, 5.41) is 12.5. The van der Waals surface area contributed by atoms with Gasteiger partial charge in [0.05, 0.1) is 17.4 Å². The lowest BCUT2D eigenvalue weighted by molar-refractivity contribution is -0.146. The number of allylic oxidation sites excluding steroid dienone is 2. The van der Waals surface area contributed by atoms with E-state index in [2.05, 4.69) is 5.32 Å². The zero-order valence-corrected chi connectivity index (χ0v) is 13.3. The number of hydrogen-bond donors (Lipinski definition) is 3. The Hall–Kier alpha value is -2.15. The maximum absolute atomic E-state index is 12.5. The summed E-state index contributed by atoms with van der Waals surface area (Å²) in [6, 6.07) is 0. The first kappa shape index (κ1) is 15.7. The van der Waals surface area contributed by atoms with Crippen LogP contribution < -0.4 is 11.1 Å². The van der Waals surface area contributed by atoms with Crippen molar-refractivity contribution in [1.29, 1.82) is 0 Å². The molecule has 122 valence electrons. The van der Waals surface area contributed by atoms with Crippen LogP contribution in [0.3, 0.4) is 0 Å². The SMILES string of the molecule is NC(=O)c1c(NC(=O)[C@H]2CC=CC[C@H]2C(=O)O)sc2c1CCC2. The fourth-order valence-electron chi connectivity index (χ4n) is 3.33. The summed E-state index contributed by atoms with van der Waals surface area (Å²) in [6.45, 7) is 0. The van der Waals surface area contributed by atoms with Gasteiger partial charge in [0.1, 0.15) is 5.00 Å². The van der Waals surface area contributed by atoms with Crippen molar-refractivity contribution >= 4 is 34.1 Å². The summed E-state index contributed by atoms with van der Waals surface area (Å²) in [5.41, 5.74) is 6.81. The first-order chi connectivity index (χ1) is 11.0. The molecular weight excluding hydrogens is 316 g/mol. The second-order valence-electron chi connectivity index (χ2n) is 5.91. The van der Waals surface area contributed by atoms with Crippen molar-refractivity contribution in [3.8, 4) is 0 Å². The smallest absolute Gasteiger partial charge is 0.307 e. The molecule has 2 aliphatic carbocycles. The fourth-order valence-corrected chi connectivity index (χ4v) is 4.63. The third kappa shape index (κ3) is 2.88. The molecule has 0 saturated heterocycles. The standard InChI is InChI=1S/C16H18N2O4S/c17-13(19)12-10-6-3-7-11(10)23-15(12)18-14(20)8-4-1-2-5-9(8)16(21)22/h1-2,8-9H,3-7H2,(H2,17,19)(H,18,20)(H,21,22)/t8-,9+/m0/s1. The molecule has 4 N–H and O–H groups in total. The molecule has 6 nitrogen and oxygen atoms in total. The highest BCUT2D eigenvalue weighted by molar-refractivity contribution is 7.17. The van der Waals surface area contributed by atoms with E-state index in [1.165, 1.54) is 11.3 Å². The lowest BCUT2D eigenvalue weighted by Crippen LogP contribution is -2.35. The highest BCUT2D eigenvalue weighted by Crippen LogP contribution is 2.39. The van der Waals surface area contributed by atoms with Crippen molar-refractivity contribution < 1.29 is 19.5 Å². The number of carbonyl (C=O) groups is 3. The van der Waals surface area contributed by atoms with E-state index in [0.29, 0.717) is 23.4 Å². The Morgan fingerprint density at radius 1 is 1.17 bits per heavy atom. The second-order valence-corrected chi connectivity index (χ2v) is 7.01. The Kier molecular flexibility index (Phi) is 4.21. The number of hydrogen-bond acceptors (Lipinski definition) is 4. The van der Waals surface area contributed by atoms with Gasteiger partial charge in [-0.05, 0) is 37.7 Å². The van der Waals surface area contributed by atoms with Crippen molar-refractivity contribution in [2.24, 2.45) is 17.6 Å². The van der Waals surface area contributed by atoms with Gasteiger partial charge >= 0.3 is 5.97 Å². The molecule has 1 aromatic rings. The van der Waals surface area contributed by atoms with E-state index in [1.54, 1.807) is 6.08 Å². The van der Waals surface area contributed by atoms with Crippen LogP contribution >= 0.6 is 11.3 Å². The minimum Gasteiger partial charge on any atom is -0.481 e. The number of nitrogens with two attached hydrogens (primary N) is 1. The molecule has 2 atom stereocenters. The van der Waals surface area contributed by atoms with Crippen molar-refractivity contribution in [2.45, 2.75) is 32.1 Å². The largest absolute Gasteiger partial charge is 0.481 e. The van der Waals surface area contributed by atoms with Crippen molar-refractivity contribution in [3.05, 3.63) is 28.2 Å². The third-order valence-corrected chi connectivity index (χ3v) is 5.70. The number of thiophene rings is 1. The van der Waals surface area contributed by atoms with E-state index in [4.69, 9.17) is 5.73 Å². The topological polar surface area (TPSA) is 109 Å². The van der Waals surface area contributed by atoms with Crippen LogP contribution in [0.1, 0.15) is 40.1 Å². The number of fused-ring (bicyclic) bond motifs is 1. The molecule has 7 heteroatoms. The van der Waals surface area contributed by atoms with Gasteiger partial charge in [0, 0.05) is 4.88 Å². The van der Waals surface area contributed by atoms with Gasteiger partial charge in [-0.1, -0.05) is 12.2 Å². The Morgan fingerprint density at radius 3 is 2.52 bits per heavy atom. The van der Waals surface area contributed by atoms with Crippen molar-refractivity contribution in [1.82, 2.24) is 0 Å². The number of carboxylic acid groups (broad SMARTS) is 1. The van der Waals surface area contributed by atoms with Gasteiger partial charge in [0.15, 0.2) is 0 Å². The molecule has 0 bridgehead atoms. The highest BCUT2D eigenvalue weighted by atomic mass is 32.1. The summed E-state index contributed by atoms with van der Waals surface area (Å²) >= 11 is 1.38. The van der Waals surface area contributed by atoms with Gasteiger partial charge in [0.25, 0.3) is 5.91 Å². The van der Waals surface area contributed by atoms with Crippen LogP contribution in [-0.2, 0) is 22.4 Å². The van der Waals surface area contributed by atoms with Crippen LogP contribution in [0.25, 0.3) is 0 Å². The predicted octanol–water partition coefficient (Wildman–Crippen LogP) is 1.94. The predicted molar refractivity (Wildman–Crippen MR) is 86.5 cm³/mol. The van der Waals surface area contributed by atoms with Crippen molar-refractivity contribution in [3.63, 3.8) is 0 Å². The molecule has 0 saturated carbocycles. The number of amides is 2. The lowest BCUT2D eigenvalue weighted by Gasteiger charge is -2.24. The van der Waals surface area contributed by atoms with Crippen LogP contribution in [0.15, 0.2) is 12.2 Å². The third-order valence-electron chi connectivity index (χ3n) is 4.49. The molecular formula is C16H18N2O4S. The Balaban J connectivity index is 1.84. The van der Waals surface area contributed by atoms with E-state index in [9.17, 15) is 19.5 Å². The quantitative estimate of drug-likeness (QED) is 0.731. The summed E-state index contributed by atoms with van der Waals surface area (Å²) < 4.78 is 0. The molecule has 0 fully saturated rings. The monoisotopic (exact) mass is 334 g/mol. The van der Waals surface area contributed by atoms with Crippen LogP contribution in [-0.4, -0.2) is 22.9 Å². The summed E-state index contributed by atoms with van der Waals surface area (Å²) in [5.74, 6) is -3.24. The van der Waals surface area contributed by atoms with Gasteiger partial charge in [-0.15, -0.1) is 11.3 Å². The Bertz CT molecular complexity index is 707. The first-order valence-corrected chi connectivity index (χ1v) is 8.43. The molecule has 0 unspecified atom stereocenters. The maximum Gasteiger partial charge on any atom is 0.307 e. The normalized spacial score (nSPS) is 22.6. The van der Waals surface area contributed by atoms with Crippen LogP contribution in [0.5, 0.6) is 0 Å². The zero-order chi connectivity index (χ0) is 16.6. The Labute approximate surface area is 137 Å². The van der Waals surface area contributed by atoms with Crippen LogP contribution in [0.4, 0.5) is 5.00 Å². The molecule has 2 amide bonds. The van der Waals surface area contributed by atoms with E-state index < -0.39 is 23.7 Å². The van der Waals surface area contributed by atoms with Gasteiger partial charge in [-0.3, -0.25) is 14.4 Å². The van der Waals surface area contributed by atoms with E-state index >= 15 is 0 Å². The molecule has 0 aliphatic heterocycles. The summed E-state index contributed by atoms with van der Waals surface area (Å²) in [7, 11) is 0. The van der Waals surface area contributed by atoms with E-state index in [1.807, 2.05) is 6.08 Å². The number of aliphatic carboxylic acids is 1. The highest BCUT2D eigenvalue weighted by Gasteiger charge is 2.35. The average Bonchev–Trinajstić information content (AvgIpc) is 3.06. The zero-order valence-electron chi connectivity index (χ0n) is 12.5. The van der Waals surface area contributed by atoms with Gasteiger partial charge in [0.2, 0.25) is 5.91 Å². The molecule has 1 heterocycles. The number of carboxylic acids is 1. The minimum atomic E-state index is -0.974. The second kappa shape index (κ2) is 6.16. The number of aryl methyl sites for hydroxylation is 1. The lowest BCUT2D eigenvalue weighted by atomic mass is 9.82. The fraction of sp³-hybridized carbons (Fsp3) is 0.438. The number of primary amides is 1. The van der Waals surface area contributed by atoms with Gasteiger partial charge < -0.3 is 16.2 Å². The van der Waals surface area contributed by atoms with Gasteiger partial charge in [-0.25, -0.2) is 0 Å². The molecule has 0 radical (unpaired) electrons. The molecule has 0 spiro atoms. The van der Waals surface area contributed by atoms with Crippen LogP contribution in [0.2, 0.25) is 0 Å². The summed E-state index contributed by atoms with van der Waals surface area (Å²) in [6.07, 6.45) is 7.02. The average molecular weight is 334 g/mol. The van der Waals surface area contributed by atoms with Crippen molar-refractivity contribution in [2.75, 3.05) is 5.32 Å². The number of nitrogens with one attached hydrogen (secondary N) is 1. The maximum atomic E-state index is 12.5. The number of carbonyl (C=O) groups excluding carboxylic acids is 2. The molecule has 3 rings (SSSR count). The van der Waals surface area contributed by atoms with Gasteiger partial charge in [-0.2, -0.15) is 0 Å². The van der Waals surface area contributed by atoms with E-state index in [0.717, 1.165) is 29.7 Å². The summed E-state index contributed by atoms with van der Waals surface area (Å²) in [4.78, 5) is 36.7. The number of rotatable bonds is 4. The molecule has 1 aromatic heterocycles. The number of anilines is 1. The van der Waals surface area contributed by atoms with E-state index in [-0.39, 0.29) is 5.91 Å². The van der Waals surface area contributed by atoms with Crippen LogP contribution in [0, 0.1) is 11.8 Å². The minimum absolute atomic E-state index is 0.344. The molecule has 23 heavy (non-hydrogen) atoms. The molecule has 0 aromatic carbocycles.